The molecule has 0 amide bonds. The molecule has 0 aromatic carbocycles. The molecule has 1 fully saturated rings. The van der Waals surface area contributed by atoms with Crippen LogP contribution in [0.25, 0.3) is 0 Å². The minimum absolute atomic E-state index is 0. The van der Waals surface area contributed by atoms with Crippen LogP contribution in [0.4, 0.5) is 0 Å². The number of nitrogens with zero attached hydrogens (tertiary/aromatic N) is 1. The smallest absolute Gasteiger partial charge is 0.191 e. The first-order valence-corrected chi connectivity index (χ1v) is 8.87. The van der Waals surface area contributed by atoms with Crippen molar-refractivity contribution in [1.29, 1.82) is 0 Å². The van der Waals surface area contributed by atoms with Crippen LogP contribution in [0, 0.1) is 5.92 Å². The van der Waals surface area contributed by atoms with Crippen molar-refractivity contribution < 1.29 is 9.84 Å². The molecule has 0 spiro atoms. The number of guanidine groups is 1. The fraction of sp³-hybridized carbons (Fsp3) is 0.941. The van der Waals surface area contributed by atoms with Gasteiger partial charge in [-0.2, -0.15) is 0 Å². The summed E-state index contributed by atoms with van der Waals surface area (Å²) in [6.45, 7) is 11.4. The third kappa shape index (κ3) is 9.10. The second-order valence-electron chi connectivity index (χ2n) is 6.58. The molecule has 0 radical (unpaired) electrons. The third-order valence-electron chi connectivity index (χ3n) is 4.26. The van der Waals surface area contributed by atoms with E-state index in [0.717, 1.165) is 57.8 Å². The Hall–Kier alpha value is -0.0800. The topological polar surface area (TPSA) is 65.9 Å². The van der Waals surface area contributed by atoms with Gasteiger partial charge in [0.1, 0.15) is 0 Å². The Balaban J connectivity index is 0.00000484. The van der Waals surface area contributed by atoms with Gasteiger partial charge in [-0.3, -0.25) is 4.99 Å². The van der Waals surface area contributed by atoms with E-state index >= 15 is 0 Å². The molecule has 0 aromatic heterocycles. The Morgan fingerprint density at radius 2 is 1.87 bits per heavy atom. The molecule has 0 aliphatic heterocycles. The van der Waals surface area contributed by atoms with Gasteiger partial charge in [-0.05, 0) is 39.0 Å². The summed E-state index contributed by atoms with van der Waals surface area (Å²) in [6, 6.07) is 0. The molecular formula is C17H36IN3O2. The Morgan fingerprint density at radius 1 is 1.22 bits per heavy atom. The zero-order valence-electron chi connectivity index (χ0n) is 15.2. The highest BCUT2D eigenvalue weighted by Crippen LogP contribution is 2.29. The fourth-order valence-corrected chi connectivity index (χ4v) is 2.92. The molecule has 0 bridgehead atoms. The van der Waals surface area contributed by atoms with Crippen molar-refractivity contribution >= 4 is 29.9 Å². The third-order valence-corrected chi connectivity index (χ3v) is 4.26. The van der Waals surface area contributed by atoms with Gasteiger partial charge in [0.2, 0.25) is 0 Å². The Labute approximate surface area is 159 Å². The van der Waals surface area contributed by atoms with Crippen molar-refractivity contribution in [2.45, 2.75) is 71.5 Å². The van der Waals surface area contributed by atoms with Crippen LogP contribution in [0.5, 0.6) is 0 Å². The number of aliphatic hydroxyl groups is 1. The van der Waals surface area contributed by atoms with Gasteiger partial charge in [-0.1, -0.05) is 26.7 Å². The van der Waals surface area contributed by atoms with Crippen molar-refractivity contribution in [2.24, 2.45) is 10.9 Å². The summed E-state index contributed by atoms with van der Waals surface area (Å²) < 4.78 is 5.76. The summed E-state index contributed by atoms with van der Waals surface area (Å²) in [5, 5.41) is 17.0. The number of hydrogen-bond donors (Lipinski definition) is 3. The summed E-state index contributed by atoms with van der Waals surface area (Å²) in [5.74, 6) is 1.31. The highest BCUT2D eigenvalue weighted by Gasteiger charge is 2.30. The van der Waals surface area contributed by atoms with E-state index < -0.39 is 5.60 Å². The second-order valence-corrected chi connectivity index (χ2v) is 6.58. The lowest BCUT2D eigenvalue weighted by Gasteiger charge is -2.22. The molecule has 0 heterocycles. The standard InChI is InChI=1S/C17H35N3O2.HI/c1-5-18-16(20-13-17(21)10-7-8-11-17)19-12-9-15(14(3)4)22-6-2;/h14-15,21H,5-13H2,1-4H3,(H2,18,19,20);1H. The van der Waals surface area contributed by atoms with E-state index in [0.29, 0.717) is 12.5 Å². The van der Waals surface area contributed by atoms with Crippen LogP contribution in [0.3, 0.4) is 0 Å². The number of hydrogen-bond acceptors (Lipinski definition) is 3. The average Bonchev–Trinajstić information content (AvgIpc) is 2.91. The van der Waals surface area contributed by atoms with E-state index in [1.165, 1.54) is 0 Å². The van der Waals surface area contributed by atoms with Crippen molar-refractivity contribution in [3.63, 3.8) is 0 Å². The lowest BCUT2D eigenvalue weighted by Crippen LogP contribution is -2.41. The molecule has 1 aliphatic carbocycles. The van der Waals surface area contributed by atoms with Gasteiger partial charge in [0.05, 0.1) is 18.2 Å². The second kappa shape index (κ2) is 12.3. The molecular weight excluding hydrogens is 405 g/mol. The molecule has 1 aliphatic rings. The van der Waals surface area contributed by atoms with Crippen molar-refractivity contribution in [1.82, 2.24) is 10.6 Å². The highest BCUT2D eigenvalue weighted by atomic mass is 127. The first-order chi connectivity index (χ1) is 10.5. The Morgan fingerprint density at radius 3 is 2.39 bits per heavy atom. The van der Waals surface area contributed by atoms with Gasteiger partial charge < -0.3 is 20.5 Å². The highest BCUT2D eigenvalue weighted by molar-refractivity contribution is 14.0. The van der Waals surface area contributed by atoms with Crippen LogP contribution in [-0.2, 0) is 4.74 Å². The molecule has 5 nitrogen and oxygen atoms in total. The lowest BCUT2D eigenvalue weighted by molar-refractivity contribution is 0.0258. The number of rotatable bonds is 9. The van der Waals surface area contributed by atoms with Crippen molar-refractivity contribution in [2.75, 3.05) is 26.2 Å². The molecule has 0 aromatic rings. The number of nitrogens with one attached hydrogen (secondary N) is 2. The van der Waals surface area contributed by atoms with Crippen molar-refractivity contribution in [3.8, 4) is 0 Å². The number of ether oxygens (including phenoxy) is 1. The Bertz CT molecular complexity index is 332. The van der Waals surface area contributed by atoms with E-state index in [-0.39, 0.29) is 30.1 Å². The van der Waals surface area contributed by atoms with Crippen molar-refractivity contribution in [3.05, 3.63) is 0 Å². The monoisotopic (exact) mass is 441 g/mol. The maximum atomic E-state index is 10.4. The quantitative estimate of drug-likeness (QED) is 0.293. The van der Waals surface area contributed by atoms with Gasteiger partial charge in [-0.25, -0.2) is 0 Å². The molecule has 1 atom stereocenters. The minimum Gasteiger partial charge on any atom is -0.388 e. The van der Waals surface area contributed by atoms with Crippen LogP contribution in [0.2, 0.25) is 0 Å². The van der Waals surface area contributed by atoms with Crippen LogP contribution >= 0.6 is 24.0 Å². The van der Waals surface area contributed by atoms with Crippen LogP contribution in [0.15, 0.2) is 4.99 Å². The maximum absolute atomic E-state index is 10.4. The zero-order chi connectivity index (χ0) is 16.4. The fourth-order valence-electron chi connectivity index (χ4n) is 2.92. The molecule has 1 saturated carbocycles. The molecule has 6 heteroatoms. The summed E-state index contributed by atoms with van der Waals surface area (Å²) in [7, 11) is 0. The van der Waals surface area contributed by atoms with E-state index in [4.69, 9.17) is 4.74 Å². The van der Waals surface area contributed by atoms with E-state index in [1.807, 2.05) is 6.92 Å². The maximum Gasteiger partial charge on any atom is 0.191 e. The van der Waals surface area contributed by atoms with Crippen LogP contribution in [-0.4, -0.2) is 49.0 Å². The van der Waals surface area contributed by atoms with E-state index in [2.05, 4.69) is 36.4 Å². The number of aliphatic imine (C=N–C) groups is 1. The van der Waals surface area contributed by atoms with Crippen LogP contribution < -0.4 is 10.6 Å². The molecule has 1 unspecified atom stereocenters. The summed E-state index contributed by atoms with van der Waals surface area (Å²) >= 11 is 0. The summed E-state index contributed by atoms with van der Waals surface area (Å²) in [6.07, 6.45) is 5.20. The van der Waals surface area contributed by atoms with E-state index in [9.17, 15) is 5.11 Å². The Kier molecular flexibility index (Phi) is 12.3. The minimum atomic E-state index is -0.589. The predicted octanol–water partition coefficient (Wildman–Crippen LogP) is 2.92. The summed E-state index contributed by atoms with van der Waals surface area (Å²) in [4.78, 5) is 4.56. The average molecular weight is 441 g/mol. The first-order valence-electron chi connectivity index (χ1n) is 8.87. The normalized spacial score (nSPS) is 18.6. The number of halogens is 1. The van der Waals surface area contributed by atoms with Gasteiger partial charge in [0, 0.05) is 19.7 Å². The predicted molar refractivity (Wildman–Crippen MR) is 108 cm³/mol. The largest absolute Gasteiger partial charge is 0.388 e. The molecule has 0 saturated heterocycles. The molecule has 1 rings (SSSR count). The zero-order valence-corrected chi connectivity index (χ0v) is 17.6. The molecule has 138 valence electrons. The molecule has 23 heavy (non-hydrogen) atoms. The van der Waals surface area contributed by atoms with Crippen LogP contribution in [0.1, 0.15) is 59.8 Å². The van der Waals surface area contributed by atoms with Gasteiger partial charge in [0.15, 0.2) is 5.96 Å². The van der Waals surface area contributed by atoms with Gasteiger partial charge >= 0.3 is 0 Å². The van der Waals surface area contributed by atoms with E-state index in [1.54, 1.807) is 0 Å². The SMILES string of the molecule is CCNC(=NCC1(O)CCCC1)NCCC(OCC)C(C)C.I. The lowest BCUT2D eigenvalue weighted by atomic mass is 10.0. The summed E-state index contributed by atoms with van der Waals surface area (Å²) in [5.41, 5.74) is -0.589. The molecule has 3 N–H and O–H groups in total. The van der Waals surface area contributed by atoms with Gasteiger partial charge in [0.25, 0.3) is 0 Å². The first kappa shape index (κ1) is 22.9. The van der Waals surface area contributed by atoms with Gasteiger partial charge in [-0.15, -0.1) is 24.0 Å².